The first kappa shape index (κ1) is 17.5. The molecule has 0 spiro atoms. The molecule has 6 heteroatoms. The van der Waals surface area contributed by atoms with E-state index >= 15 is 0 Å². The highest BCUT2D eigenvalue weighted by molar-refractivity contribution is 6.00. The molecule has 2 aromatic carbocycles. The first-order valence-electron chi connectivity index (χ1n) is 8.25. The summed E-state index contributed by atoms with van der Waals surface area (Å²) in [6, 6.07) is 14.9. The molecule has 1 aromatic heterocycles. The predicted molar refractivity (Wildman–Crippen MR) is 99.5 cm³/mol. The molecular weight excluding hydrogens is 330 g/mol. The summed E-state index contributed by atoms with van der Waals surface area (Å²) in [5.41, 5.74) is 2.97. The van der Waals surface area contributed by atoms with Gasteiger partial charge in [0, 0.05) is 5.56 Å². The number of aromatic nitrogens is 2. The summed E-state index contributed by atoms with van der Waals surface area (Å²) in [5, 5.41) is 9.94. The van der Waals surface area contributed by atoms with Gasteiger partial charge in [0.2, 0.25) is 0 Å². The Labute approximate surface area is 152 Å². The molecule has 1 amide bonds. The number of carbonyl (C=O) groups excluding carboxylic acids is 1. The molecule has 0 fully saturated rings. The molecule has 1 heterocycles. The second-order valence-corrected chi connectivity index (χ2v) is 5.86. The number of hydrogen-bond donors (Lipinski definition) is 2. The van der Waals surface area contributed by atoms with Gasteiger partial charge in [-0.3, -0.25) is 9.89 Å². The minimum Gasteiger partial charge on any atom is -0.497 e. The van der Waals surface area contributed by atoms with Crippen LogP contribution in [0.1, 0.15) is 28.9 Å². The van der Waals surface area contributed by atoms with Crippen LogP contribution in [0.25, 0.3) is 11.3 Å². The van der Waals surface area contributed by atoms with Crippen molar-refractivity contribution in [1.82, 2.24) is 15.5 Å². The molecule has 0 saturated heterocycles. The van der Waals surface area contributed by atoms with Crippen LogP contribution in [0, 0.1) is 0 Å². The van der Waals surface area contributed by atoms with Crippen LogP contribution in [0.5, 0.6) is 11.5 Å². The maximum absolute atomic E-state index is 12.7. The Hall–Kier alpha value is -3.28. The molecule has 0 aliphatic carbocycles. The minimum absolute atomic E-state index is 0.151. The number of benzene rings is 2. The van der Waals surface area contributed by atoms with Crippen molar-refractivity contribution in [3.05, 3.63) is 65.9 Å². The number of rotatable bonds is 6. The molecule has 26 heavy (non-hydrogen) atoms. The molecule has 1 unspecified atom stereocenters. The zero-order valence-electron chi connectivity index (χ0n) is 14.9. The molecular formula is C20H21N3O3. The topological polar surface area (TPSA) is 76.2 Å². The first-order valence-corrected chi connectivity index (χ1v) is 8.25. The average Bonchev–Trinajstić information content (AvgIpc) is 3.18. The van der Waals surface area contributed by atoms with Crippen LogP contribution in [0.2, 0.25) is 0 Å². The second-order valence-electron chi connectivity index (χ2n) is 5.86. The third kappa shape index (κ3) is 3.69. The molecule has 0 aliphatic heterocycles. The summed E-state index contributed by atoms with van der Waals surface area (Å²) in [4.78, 5) is 12.7. The number of H-pyrrole nitrogens is 1. The summed E-state index contributed by atoms with van der Waals surface area (Å²) in [7, 11) is 3.23. The van der Waals surface area contributed by atoms with Gasteiger partial charge in [-0.25, -0.2) is 0 Å². The zero-order chi connectivity index (χ0) is 18.5. The van der Waals surface area contributed by atoms with Crippen LogP contribution in [0.4, 0.5) is 0 Å². The number of nitrogens with one attached hydrogen (secondary N) is 2. The van der Waals surface area contributed by atoms with Gasteiger partial charge in [0.1, 0.15) is 11.5 Å². The second kappa shape index (κ2) is 7.74. The lowest BCUT2D eigenvalue weighted by Crippen LogP contribution is -2.26. The van der Waals surface area contributed by atoms with E-state index in [-0.39, 0.29) is 11.9 Å². The highest BCUT2D eigenvalue weighted by Crippen LogP contribution is 2.25. The fraction of sp³-hybridized carbons (Fsp3) is 0.200. The predicted octanol–water partition coefficient (Wildman–Crippen LogP) is 3.58. The Morgan fingerprint density at radius 3 is 2.50 bits per heavy atom. The monoisotopic (exact) mass is 351 g/mol. The number of hydrogen-bond acceptors (Lipinski definition) is 4. The van der Waals surface area contributed by atoms with Gasteiger partial charge in [-0.05, 0) is 36.8 Å². The summed E-state index contributed by atoms with van der Waals surface area (Å²) in [6.07, 6.45) is 1.53. The molecule has 3 rings (SSSR count). The third-order valence-corrected chi connectivity index (χ3v) is 4.21. The SMILES string of the molecule is COc1ccc(C(C)NC(=O)c2cn[nH]c2-c2cccc(OC)c2)cc1. The molecule has 1 atom stereocenters. The van der Waals surface area contributed by atoms with E-state index in [1.165, 1.54) is 6.20 Å². The van der Waals surface area contributed by atoms with Crippen molar-refractivity contribution in [2.24, 2.45) is 0 Å². The lowest BCUT2D eigenvalue weighted by molar-refractivity contribution is 0.0940. The molecule has 0 bridgehead atoms. The number of ether oxygens (including phenoxy) is 2. The standard InChI is InChI=1S/C20H21N3O3/c1-13(14-7-9-16(25-2)10-8-14)22-20(24)18-12-21-23-19(18)15-5-4-6-17(11-15)26-3/h4-13H,1-3H3,(H,21,23)(H,22,24). The maximum Gasteiger partial charge on any atom is 0.255 e. The van der Waals surface area contributed by atoms with E-state index < -0.39 is 0 Å². The highest BCUT2D eigenvalue weighted by atomic mass is 16.5. The Bertz CT molecular complexity index is 887. The Kier molecular flexibility index (Phi) is 5.22. The van der Waals surface area contributed by atoms with Crippen molar-refractivity contribution in [2.45, 2.75) is 13.0 Å². The number of nitrogens with zero attached hydrogens (tertiary/aromatic N) is 1. The van der Waals surface area contributed by atoms with Crippen LogP contribution in [0.15, 0.2) is 54.7 Å². The summed E-state index contributed by atoms with van der Waals surface area (Å²) >= 11 is 0. The Morgan fingerprint density at radius 2 is 1.81 bits per heavy atom. The van der Waals surface area contributed by atoms with Gasteiger partial charge in [-0.1, -0.05) is 24.3 Å². The van der Waals surface area contributed by atoms with E-state index in [0.29, 0.717) is 11.3 Å². The molecule has 0 radical (unpaired) electrons. The summed E-state index contributed by atoms with van der Waals surface area (Å²) in [6.45, 7) is 1.94. The lowest BCUT2D eigenvalue weighted by atomic mass is 10.1. The van der Waals surface area contributed by atoms with E-state index in [4.69, 9.17) is 9.47 Å². The van der Waals surface area contributed by atoms with Gasteiger partial charge in [0.25, 0.3) is 5.91 Å². The van der Waals surface area contributed by atoms with Crippen molar-refractivity contribution in [2.75, 3.05) is 14.2 Å². The zero-order valence-corrected chi connectivity index (χ0v) is 14.9. The molecule has 3 aromatic rings. The number of carbonyl (C=O) groups is 1. The van der Waals surface area contributed by atoms with Crippen molar-refractivity contribution >= 4 is 5.91 Å². The van der Waals surface area contributed by atoms with E-state index in [1.807, 2.05) is 55.5 Å². The van der Waals surface area contributed by atoms with E-state index in [1.54, 1.807) is 14.2 Å². The Balaban J connectivity index is 1.79. The molecule has 0 saturated carbocycles. The molecule has 6 nitrogen and oxygen atoms in total. The van der Waals surface area contributed by atoms with E-state index in [0.717, 1.165) is 22.6 Å². The van der Waals surface area contributed by atoms with Crippen molar-refractivity contribution in [1.29, 1.82) is 0 Å². The molecule has 2 N–H and O–H groups in total. The van der Waals surface area contributed by atoms with Gasteiger partial charge in [-0.2, -0.15) is 5.10 Å². The van der Waals surface area contributed by atoms with Gasteiger partial charge < -0.3 is 14.8 Å². The van der Waals surface area contributed by atoms with Crippen molar-refractivity contribution in [3.8, 4) is 22.8 Å². The summed E-state index contributed by atoms with van der Waals surface area (Å²) in [5.74, 6) is 1.30. The van der Waals surface area contributed by atoms with Crippen LogP contribution in [-0.4, -0.2) is 30.3 Å². The molecule has 134 valence electrons. The van der Waals surface area contributed by atoms with Crippen molar-refractivity contribution < 1.29 is 14.3 Å². The average molecular weight is 351 g/mol. The number of amides is 1. The quantitative estimate of drug-likeness (QED) is 0.712. The van der Waals surface area contributed by atoms with Crippen LogP contribution >= 0.6 is 0 Å². The minimum atomic E-state index is -0.195. The van der Waals surface area contributed by atoms with Gasteiger partial charge in [0.15, 0.2) is 0 Å². The summed E-state index contributed by atoms with van der Waals surface area (Å²) < 4.78 is 10.4. The first-order chi connectivity index (χ1) is 12.6. The van der Waals surface area contributed by atoms with Crippen LogP contribution in [-0.2, 0) is 0 Å². The maximum atomic E-state index is 12.7. The smallest absolute Gasteiger partial charge is 0.255 e. The number of aromatic amines is 1. The third-order valence-electron chi connectivity index (χ3n) is 4.21. The van der Waals surface area contributed by atoms with Crippen LogP contribution in [0.3, 0.4) is 0 Å². The fourth-order valence-electron chi connectivity index (χ4n) is 2.71. The van der Waals surface area contributed by atoms with E-state index in [9.17, 15) is 4.79 Å². The van der Waals surface area contributed by atoms with Crippen molar-refractivity contribution in [3.63, 3.8) is 0 Å². The highest BCUT2D eigenvalue weighted by Gasteiger charge is 2.18. The van der Waals surface area contributed by atoms with Gasteiger partial charge in [-0.15, -0.1) is 0 Å². The normalized spacial score (nSPS) is 11.7. The Morgan fingerprint density at radius 1 is 1.08 bits per heavy atom. The molecule has 0 aliphatic rings. The van der Waals surface area contributed by atoms with Gasteiger partial charge >= 0.3 is 0 Å². The number of methoxy groups -OCH3 is 2. The fourth-order valence-corrected chi connectivity index (χ4v) is 2.71. The lowest BCUT2D eigenvalue weighted by Gasteiger charge is -2.15. The van der Waals surface area contributed by atoms with E-state index in [2.05, 4.69) is 15.5 Å². The largest absolute Gasteiger partial charge is 0.497 e. The van der Waals surface area contributed by atoms with Gasteiger partial charge in [0.05, 0.1) is 37.7 Å². The van der Waals surface area contributed by atoms with Crippen LogP contribution < -0.4 is 14.8 Å².